The fourth-order valence-electron chi connectivity index (χ4n) is 2.87. The fraction of sp³-hybridized carbons (Fsp3) is 0.389. The van der Waals surface area contributed by atoms with E-state index in [-0.39, 0.29) is 16.9 Å². The molecule has 1 aliphatic rings. The van der Waals surface area contributed by atoms with E-state index in [1.165, 1.54) is 7.11 Å². The van der Waals surface area contributed by atoms with Crippen LogP contribution in [0.15, 0.2) is 30.6 Å². The van der Waals surface area contributed by atoms with Gasteiger partial charge in [0.2, 0.25) is 5.88 Å². The van der Waals surface area contributed by atoms with Crippen molar-refractivity contribution in [2.24, 2.45) is 0 Å². The average Bonchev–Trinajstić information content (AvgIpc) is 2.72. The molecule has 0 radical (unpaired) electrons. The Balaban J connectivity index is 1.52. The number of pyridine rings is 2. The van der Waals surface area contributed by atoms with E-state index in [9.17, 15) is 18.0 Å². The number of urea groups is 1. The molecule has 3 rings (SSSR count). The van der Waals surface area contributed by atoms with Gasteiger partial charge in [-0.1, -0.05) is 17.7 Å². The maximum Gasteiger partial charge on any atom is 0.417 e. The summed E-state index contributed by atoms with van der Waals surface area (Å²) in [6, 6.07) is 4.15. The van der Waals surface area contributed by atoms with Crippen molar-refractivity contribution in [1.82, 2.24) is 20.2 Å². The third-order valence-electron chi connectivity index (χ3n) is 4.47. The van der Waals surface area contributed by atoms with Crippen molar-refractivity contribution in [3.63, 3.8) is 0 Å². The monoisotopic (exact) mass is 429 g/mol. The molecule has 1 saturated heterocycles. The molecule has 1 fully saturated rings. The van der Waals surface area contributed by atoms with Crippen molar-refractivity contribution in [3.05, 3.63) is 46.7 Å². The van der Waals surface area contributed by atoms with Gasteiger partial charge >= 0.3 is 12.2 Å². The number of piperazine rings is 1. The number of carbonyl (C=O) groups is 1. The second kappa shape index (κ2) is 8.73. The van der Waals surface area contributed by atoms with Crippen LogP contribution in [0.4, 0.5) is 23.8 Å². The Hall–Kier alpha value is -2.75. The van der Waals surface area contributed by atoms with Gasteiger partial charge in [0.05, 0.1) is 17.7 Å². The molecule has 156 valence electrons. The molecule has 0 spiro atoms. The second-order valence-corrected chi connectivity index (χ2v) is 6.78. The molecule has 2 aromatic heterocycles. The van der Waals surface area contributed by atoms with Gasteiger partial charge in [0.25, 0.3) is 0 Å². The van der Waals surface area contributed by atoms with Crippen molar-refractivity contribution < 1.29 is 22.7 Å². The summed E-state index contributed by atoms with van der Waals surface area (Å²) in [5.41, 5.74) is -0.0594. The summed E-state index contributed by atoms with van der Waals surface area (Å²) in [6.07, 6.45) is -2.11. The number of aromatic nitrogens is 2. The summed E-state index contributed by atoms with van der Waals surface area (Å²) in [5.74, 6) is 0.774. The number of halogens is 4. The molecular weight excluding hydrogens is 411 g/mol. The number of nitrogens with zero attached hydrogens (tertiary/aromatic N) is 4. The third-order valence-corrected chi connectivity index (χ3v) is 4.74. The molecule has 1 aliphatic heterocycles. The minimum Gasteiger partial charge on any atom is -0.481 e. The molecule has 3 heterocycles. The van der Waals surface area contributed by atoms with Crippen LogP contribution in [0.2, 0.25) is 5.02 Å². The number of alkyl halides is 3. The largest absolute Gasteiger partial charge is 0.481 e. The maximum absolute atomic E-state index is 12.7. The molecule has 0 unspecified atom stereocenters. The van der Waals surface area contributed by atoms with Crippen LogP contribution in [0.25, 0.3) is 0 Å². The van der Waals surface area contributed by atoms with Gasteiger partial charge in [-0.25, -0.2) is 14.8 Å². The van der Waals surface area contributed by atoms with E-state index in [0.29, 0.717) is 38.6 Å². The van der Waals surface area contributed by atoms with E-state index in [2.05, 4.69) is 15.3 Å². The van der Waals surface area contributed by atoms with Crippen molar-refractivity contribution in [1.29, 1.82) is 0 Å². The van der Waals surface area contributed by atoms with Crippen LogP contribution in [-0.4, -0.2) is 54.2 Å². The van der Waals surface area contributed by atoms with Crippen LogP contribution in [0.1, 0.15) is 11.1 Å². The van der Waals surface area contributed by atoms with Crippen LogP contribution in [0.3, 0.4) is 0 Å². The Kier molecular flexibility index (Phi) is 6.31. The highest BCUT2D eigenvalue weighted by molar-refractivity contribution is 6.33. The zero-order valence-corrected chi connectivity index (χ0v) is 16.3. The number of rotatable bonds is 4. The summed E-state index contributed by atoms with van der Waals surface area (Å²) in [5, 5.41) is 2.75. The lowest BCUT2D eigenvalue weighted by molar-refractivity contribution is -0.137. The number of hydrogen-bond donors (Lipinski definition) is 1. The minimum absolute atomic E-state index is 0.0651. The third kappa shape index (κ3) is 5.20. The summed E-state index contributed by atoms with van der Waals surface area (Å²) >= 11 is 5.99. The van der Waals surface area contributed by atoms with E-state index < -0.39 is 11.7 Å². The predicted molar refractivity (Wildman–Crippen MR) is 101 cm³/mol. The highest BCUT2D eigenvalue weighted by Crippen LogP contribution is 2.33. The summed E-state index contributed by atoms with van der Waals surface area (Å²) < 4.78 is 43.2. The lowest BCUT2D eigenvalue weighted by atomic mass is 10.2. The summed E-state index contributed by atoms with van der Waals surface area (Å²) in [7, 11) is 1.52. The van der Waals surface area contributed by atoms with Crippen LogP contribution in [0, 0.1) is 0 Å². The van der Waals surface area contributed by atoms with Crippen LogP contribution in [-0.2, 0) is 12.7 Å². The van der Waals surface area contributed by atoms with E-state index in [4.69, 9.17) is 16.3 Å². The Bertz CT molecular complexity index is 856. The Morgan fingerprint density at radius 2 is 1.93 bits per heavy atom. The molecule has 0 aliphatic carbocycles. The first-order chi connectivity index (χ1) is 13.8. The van der Waals surface area contributed by atoms with Crippen LogP contribution >= 0.6 is 11.6 Å². The van der Waals surface area contributed by atoms with E-state index in [1.807, 2.05) is 6.07 Å². The van der Waals surface area contributed by atoms with Gasteiger partial charge in [-0.15, -0.1) is 0 Å². The Morgan fingerprint density at radius 1 is 1.21 bits per heavy atom. The standard InChI is InChI=1S/C18H19ClF3N5O2/c1-29-15-3-2-12(9-23-15)10-25-17(28)27-6-4-26(5-7-27)16-14(19)8-13(11-24-16)18(20,21)22/h2-3,8-9,11H,4-7,10H2,1H3,(H,25,28). The average molecular weight is 430 g/mol. The zero-order chi connectivity index (χ0) is 21.0. The van der Waals surface area contributed by atoms with Gasteiger partial charge in [0.15, 0.2) is 0 Å². The molecule has 2 amide bonds. The number of anilines is 1. The van der Waals surface area contributed by atoms with Gasteiger partial charge < -0.3 is 19.9 Å². The first-order valence-corrected chi connectivity index (χ1v) is 9.15. The second-order valence-electron chi connectivity index (χ2n) is 6.37. The molecule has 7 nitrogen and oxygen atoms in total. The summed E-state index contributed by atoms with van der Waals surface area (Å²) in [4.78, 5) is 23.7. The first-order valence-electron chi connectivity index (χ1n) is 8.77. The van der Waals surface area contributed by atoms with Gasteiger partial charge in [-0.2, -0.15) is 13.2 Å². The fourth-order valence-corrected chi connectivity index (χ4v) is 3.15. The SMILES string of the molecule is COc1ccc(CNC(=O)N2CCN(c3ncc(C(F)(F)F)cc3Cl)CC2)cn1. The molecule has 0 atom stereocenters. The number of nitrogens with one attached hydrogen (secondary N) is 1. The number of ether oxygens (including phenoxy) is 1. The van der Waals surface area contributed by atoms with Crippen molar-refractivity contribution >= 4 is 23.4 Å². The highest BCUT2D eigenvalue weighted by atomic mass is 35.5. The molecule has 0 aromatic carbocycles. The number of carbonyl (C=O) groups excluding carboxylic acids is 1. The van der Waals surface area contributed by atoms with Crippen LogP contribution in [0.5, 0.6) is 5.88 Å². The molecule has 29 heavy (non-hydrogen) atoms. The van der Waals surface area contributed by atoms with E-state index in [1.54, 1.807) is 22.1 Å². The normalized spacial score (nSPS) is 14.7. The van der Waals surface area contributed by atoms with Crippen LogP contribution < -0.4 is 15.0 Å². The highest BCUT2D eigenvalue weighted by Gasteiger charge is 2.32. The van der Waals surface area contributed by atoms with Gasteiger partial charge in [0, 0.05) is 51.2 Å². The number of methoxy groups -OCH3 is 1. The van der Waals surface area contributed by atoms with E-state index in [0.717, 1.165) is 17.8 Å². The van der Waals surface area contributed by atoms with Gasteiger partial charge in [-0.3, -0.25) is 0 Å². The number of amides is 2. The van der Waals surface area contributed by atoms with Crippen molar-refractivity contribution in [3.8, 4) is 5.88 Å². The van der Waals surface area contributed by atoms with Crippen molar-refractivity contribution in [2.45, 2.75) is 12.7 Å². The minimum atomic E-state index is -4.49. The zero-order valence-electron chi connectivity index (χ0n) is 15.5. The predicted octanol–water partition coefficient (Wildman–Crippen LogP) is 3.19. The van der Waals surface area contributed by atoms with Gasteiger partial charge in [-0.05, 0) is 11.6 Å². The topological polar surface area (TPSA) is 70.6 Å². The molecule has 1 N–H and O–H groups in total. The molecule has 11 heteroatoms. The van der Waals surface area contributed by atoms with Crippen molar-refractivity contribution in [2.75, 3.05) is 38.2 Å². The first kappa shape index (κ1) is 21.0. The molecule has 2 aromatic rings. The lowest BCUT2D eigenvalue weighted by Crippen LogP contribution is -2.52. The molecular formula is C18H19ClF3N5O2. The Morgan fingerprint density at radius 3 is 2.48 bits per heavy atom. The Labute approximate surface area is 170 Å². The lowest BCUT2D eigenvalue weighted by Gasteiger charge is -2.35. The number of hydrogen-bond acceptors (Lipinski definition) is 5. The molecule has 0 bridgehead atoms. The smallest absolute Gasteiger partial charge is 0.417 e. The maximum atomic E-state index is 12.7. The molecule has 0 saturated carbocycles. The quantitative estimate of drug-likeness (QED) is 0.808. The van der Waals surface area contributed by atoms with E-state index >= 15 is 0 Å². The summed E-state index contributed by atoms with van der Waals surface area (Å²) in [6.45, 7) is 1.94. The van der Waals surface area contributed by atoms with Gasteiger partial charge in [0.1, 0.15) is 5.82 Å².